The Balaban J connectivity index is 2.03. The predicted octanol–water partition coefficient (Wildman–Crippen LogP) is 3.42. The minimum atomic E-state index is 0.268. The molecule has 1 fully saturated rings. The van der Waals surface area contributed by atoms with Crippen molar-refractivity contribution in [2.24, 2.45) is 0 Å². The molecule has 1 saturated carbocycles. The van der Waals surface area contributed by atoms with Gasteiger partial charge in [0.25, 0.3) is 0 Å². The van der Waals surface area contributed by atoms with Gasteiger partial charge in [-0.05, 0) is 43.4 Å². The Hall–Kier alpha value is -1.64. The fourth-order valence-electron chi connectivity index (χ4n) is 2.75. The monoisotopic (exact) mass is 246 g/mol. The van der Waals surface area contributed by atoms with Crippen molar-refractivity contribution in [1.82, 2.24) is 0 Å². The third-order valence-corrected chi connectivity index (χ3v) is 3.72. The summed E-state index contributed by atoms with van der Waals surface area (Å²) < 4.78 is 16.7. The SMILES string of the molecule is COc1cc2c(cc1OC)OC1CCCCC1=C2. The van der Waals surface area contributed by atoms with Crippen LogP contribution < -0.4 is 14.2 Å². The Labute approximate surface area is 107 Å². The van der Waals surface area contributed by atoms with Gasteiger partial charge in [0.2, 0.25) is 0 Å². The molecule has 1 aromatic carbocycles. The first-order valence-corrected chi connectivity index (χ1v) is 6.45. The second-order valence-corrected chi connectivity index (χ2v) is 4.82. The molecule has 18 heavy (non-hydrogen) atoms. The third-order valence-electron chi connectivity index (χ3n) is 3.72. The van der Waals surface area contributed by atoms with Crippen LogP contribution >= 0.6 is 0 Å². The summed E-state index contributed by atoms with van der Waals surface area (Å²) in [6, 6.07) is 3.92. The van der Waals surface area contributed by atoms with Gasteiger partial charge in [-0.2, -0.15) is 0 Å². The molecule has 0 bridgehead atoms. The minimum absolute atomic E-state index is 0.268. The maximum atomic E-state index is 6.07. The predicted molar refractivity (Wildman–Crippen MR) is 70.4 cm³/mol. The zero-order valence-electron chi connectivity index (χ0n) is 10.9. The lowest BCUT2D eigenvalue weighted by atomic mass is 9.88. The molecule has 0 aromatic heterocycles. The second kappa shape index (κ2) is 4.56. The van der Waals surface area contributed by atoms with Crippen molar-refractivity contribution >= 4 is 6.08 Å². The van der Waals surface area contributed by atoms with Gasteiger partial charge in [0.1, 0.15) is 11.9 Å². The maximum Gasteiger partial charge on any atom is 0.164 e. The van der Waals surface area contributed by atoms with Crippen LogP contribution in [0.4, 0.5) is 0 Å². The van der Waals surface area contributed by atoms with E-state index in [1.54, 1.807) is 14.2 Å². The molecular formula is C15H18O3. The first-order chi connectivity index (χ1) is 8.81. The Bertz CT molecular complexity index is 491. The van der Waals surface area contributed by atoms with E-state index in [2.05, 4.69) is 6.08 Å². The largest absolute Gasteiger partial charge is 0.493 e. The van der Waals surface area contributed by atoms with Crippen molar-refractivity contribution in [3.05, 3.63) is 23.3 Å². The number of ether oxygens (including phenoxy) is 3. The van der Waals surface area contributed by atoms with Gasteiger partial charge in [-0.3, -0.25) is 0 Å². The molecule has 0 amide bonds. The third kappa shape index (κ3) is 1.84. The molecule has 1 aliphatic carbocycles. The van der Waals surface area contributed by atoms with E-state index in [9.17, 15) is 0 Å². The molecule has 1 aromatic rings. The smallest absolute Gasteiger partial charge is 0.164 e. The Morgan fingerprint density at radius 1 is 1.11 bits per heavy atom. The molecule has 96 valence electrons. The van der Waals surface area contributed by atoms with Crippen molar-refractivity contribution < 1.29 is 14.2 Å². The van der Waals surface area contributed by atoms with Crippen LogP contribution in [0.15, 0.2) is 17.7 Å². The van der Waals surface area contributed by atoms with E-state index < -0.39 is 0 Å². The van der Waals surface area contributed by atoms with Gasteiger partial charge < -0.3 is 14.2 Å². The van der Waals surface area contributed by atoms with E-state index in [4.69, 9.17) is 14.2 Å². The van der Waals surface area contributed by atoms with E-state index >= 15 is 0 Å². The van der Waals surface area contributed by atoms with Crippen molar-refractivity contribution in [2.75, 3.05) is 14.2 Å². The highest BCUT2D eigenvalue weighted by Crippen LogP contribution is 2.41. The number of fused-ring (bicyclic) bond motifs is 2. The van der Waals surface area contributed by atoms with Crippen molar-refractivity contribution in [1.29, 1.82) is 0 Å². The highest BCUT2D eigenvalue weighted by molar-refractivity contribution is 5.67. The normalized spacial score (nSPS) is 21.2. The van der Waals surface area contributed by atoms with Crippen molar-refractivity contribution in [3.8, 4) is 17.2 Å². The van der Waals surface area contributed by atoms with Crippen LogP contribution in [0.3, 0.4) is 0 Å². The van der Waals surface area contributed by atoms with Crippen LogP contribution in [-0.2, 0) is 0 Å². The van der Waals surface area contributed by atoms with E-state index in [1.165, 1.54) is 18.4 Å². The molecular weight excluding hydrogens is 228 g/mol. The van der Waals surface area contributed by atoms with Crippen LogP contribution in [0.2, 0.25) is 0 Å². The Morgan fingerprint density at radius 3 is 2.67 bits per heavy atom. The van der Waals surface area contributed by atoms with Crippen LogP contribution in [-0.4, -0.2) is 20.3 Å². The minimum Gasteiger partial charge on any atom is -0.493 e. The number of hydrogen-bond acceptors (Lipinski definition) is 3. The summed E-state index contributed by atoms with van der Waals surface area (Å²) >= 11 is 0. The second-order valence-electron chi connectivity index (χ2n) is 4.82. The zero-order chi connectivity index (χ0) is 12.5. The summed E-state index contributed by atoms with van der Waals surface area (Å²) in [5.74, 6) is 2.39. The lowest BCUT2D eigenvalue weighted by Gasteiger charge is -2.31. The van der Waals surface area contributed by atoms with Gasteiger partial charge in [0.15, 0.2) is 11.5 Å². The molecule has 1 unspecified atom stereocenters. The Morgan fingerprint density at radius 2 is 1.89 bits per heavy atom. The molecule has 0 N–H and O–H groups in total. The lowest BCUT2D eigenvalue weighted by Crippen LogP contribution is -2.25. The maximum absolute atomic E-state index is 6.07. The summed E-state index contributed by atoms with van der Waals surface area (Å²) in [6.45, 7) is 0. The first-order valence-electron chi connectivity index (χ1n) is 6.45. The summed E-state index contributed by atoms with van der Waals surface area (Å²) in [7, 11) is 3.30. The zero-order valence-corrected chi connectivity index (χ0v) is 10.9. The van der Waals surface area contributed by atoms with E-state index in [1.807, 2.05) is 12.1 Å². The number of benzene rings is 1. The summed E-state index contributed by atoms with van der Waals surface area (Å²) in [5, 5.41) is 0. The fraction of sp³-hybridized carbons (Fsp3) is 0.467. The van der Waals surface area contributed by atoms with Crippen LogP contribution in [0.5, 0.6) is 17.2 Å². The van der Waals surface area contributed by atoms with Gasteiger partial charge in [-0.1, -0.05) is 0 Å². The van der Waals surface area contributed by atoms with Crippen LogP contribution in [0.1, 0.15) is 31.2 Å². The van der Waals surface area contributed by atoms with Crippen molar-refractivity contribution in [2.45, 2.75) is 31.8 Å². The average Bonchev–Trinajstić information content (AvgIpc) is 2.43. The molecule has 3 heteroatoms. The number of rotatable bonds is 2. The molecule has 3 nitrogen and oxygen atoms in total. The molecule has 1 atom stereocenters. The highest BCUT2D eigenvalue weighted by atomic mass is 16.5. The van der Waals surface area contributed by atoms with Crippen LogP contribution in [0, 0.1) is 0 Å². The number of methoxy groups -OCH3 is 2. The average molecular weight is 246 g/mol. The molecule has 0 spiro atoms. The van der Waals surface area contributed by atoms with E-state index in [0.29, 0.717) is 0 Å². The Kier molecular flexibility index (Phi) is 2.90. The molecule has 0 radical (unpaired) electrons. The highest BCUT2D eigenvalue weighted by Gasteiger charge is 2.26. The summed E-state index contributed by atoms with van der Waals surface area (Å²) in [6.07, 6.45) is 7.33. The summed E-state index contributed by atoms with van der Waals surface area (Å²) in [5.41, 5.74) is 2.52. The topological polar surface area (TPSA) is 27.7 Å². The van der Waals surface area contributed by atoms with Gasteiger partial charge in [-0.15, -0.1) is 0 Å². The quantitative estimate of drug-likeness (QED) is 0.800. The van der Waals surface area contributed by atoms with Gasteiger partial charge >= 0.3 is 0 Å². The van der Waals surface area contributed by atoms with Gasteiger partial charge in [-0.25, -0.2) is 0 Å². The van der Waals surface area contributed by atoms with Crippen LogP contribution in [0.25, 0.3) is 6.08 Å². The van der Waals surface area contributed by atoms with Gasteiger partial charge in [0, 0.05) is 11.6 Å². The van der Waals surface area contributed by atoms with E-state index in [0.717, 1.165) is 35.7 Å². The first kappa shape index (κ1) is 11.5. The summed E-state index contributed by atoms with van der Waals surface area (Å²) in [4.78, 5) is 0. The standard InChI is InChI=1S/C15H18O3/c1-16-14-8-11-7-10-5-3-4-6-12(10)18-13(11)9-15(14)17-2/h7-9,12H,3-6H2,1-2H3. The van der Waals surface area contributed by atoms with E-state index in [-0.39, 0.29) is 6.10 Å². The van der Waals surface area contributed by atoms with Gasteiger partial charge in [0.05, 0.1) is 14.2 Å². The lowest BCUT2D eigenvalue weighted by molar-refractivity contribution is 0.199. The molecule has 3 rings (SSSR count). The number of hydrogen-bond donors (Lipinski definition) is 0. The molecule has 2 aliphatic rings. The van der Waals surface area contributed by atoms with Crippen molar-refractivity contribution in [3.63, 3.8) is 0 Å². The molecule has 1 heterocycles. The fourth-order valence-corrected chi connectivity index (χ4v) is 2.75. The molecule has 0 saturated heterocycles. The molecule has 1 aliphatic heterocycles.